The molecule has 0 N–H and O–H groups in total. The van der Waals surface area contributed by atoms with Crippen LogP contribution in [0.5, 0.6) is 11.5 Å². The van der Waals surface area contributed by atoms with Gasteiger partial charge in [-0.15, -0.1) is 0 Å². The van der Waals surface area contributed by atoms with Crippen LogP contribution in [0.2, 0.25) is 0 Å². The van der Waals surface area contributed by atoms with Gasteiger partial charge in [0.15, 0.2) is 17.3 Å². The summed E-state index contributed by atoms with van der Waals surface area (Å²) in [5.74, 6) is 1.08. The minimum Gasteiger partial charge on any atom is -0.493 e. The molecule has 3 aromatic carbocycles. The number of aryl methyl sites for hydroxylation is 1. The predicted octanol–water partition coefficient (Wildman–Crippen LogP) is 6.11. The van der Waals surface area contributed by atoms with Gasteiger partial charge in [0.2, 0.25) is 5.91 Å². The van der Waals surface area contributed by atoms with Crippen molar-refractivity contribution < 1.29 is 19.1 Å². The van der Waals surface area contributed by atoms with Crippen molar-refractivity contribution in [3.05, 3.63) is 101 Å². The minimum atomic E-state index is -0.288. The molecule has 5 nitrogen and oxygen atoms in total. The highest BCUT2D eigenvalue weighted by Gasteiger charge is 2.40. The lowest BCUT2D eigenvalue weighted by Gasteiger charge is -2.38. The van der Waals surface area contributed by atoms with Gasteiger partial charge in [0, 0.05) is 35.7 Å². The fourth-order valence-electron chi connectivity index (χ4n) is 5.10. The van der Waals surface area contributed by atoms with Crippen LogP contribution in [0.15, 0.2) is 84.1 Å². The molecule has 1 atom stereocenters. The van der Waals surface area contributed by atoms with Crippen molar-refractivity contribution in [1.29, 1.82) is 0 Å². The molecule has 1 aliphatic heterocycles. The molecule has 0 aromatic heterocycles. The second kappa shape index (κ2) is 9.79. The summed E-state index contributed by atoms with van der Waals surface area (Å²) in [6.45, 7) is 2.44. The SMILES string of the molecule is COc1cc(C2CC(=O)N(c3cccc(C)c3)C3=C2C(=O)CCC3)ccc1OCc1ccccc1. The van der Waals surface area contributed by atoms with E-state index in [1.807, 2.05) is 79.7 Å². The van der Waals surface area contributed by atoms with Gasteiger partial charge in [0.25, 0.3) is 0 Å². The zero-order valence-electron chi connectivity index (χ0n) is 20.1. The van der Waals surface area contributed by atoms with Crippen LogP contribution in [0, 0.1) is 6.92 Å². The first-order valence-corrected chi connectivity index (χ1v) is 12.1. The Labute approximate surface area is 206 Å². The van der Waals surface area contributed by atoms with Crippen LogP contribution in [-0.4, -0.2) is 18.8 Å². The summed E-state index contributed by atoms with van der Waals surface area (Å²) in [6.07, 6.45) is 2.23. The molecular weight excluding hydrogens is 438 g/mol. The molecule has 5 heteroatoms. The van der Waals surface area contributed by atoms with Gasteiger partial charge >= 0.3 is 0 Å². The maximum absolute atomic E-state index is 13.5. The molecule has 3 aromatic rings. The lowest BCUT2D eigenvalue weighted by molar-refractivity contribution is -0.119. The standard InChI is InChI=1S/C30H29NO4/c1-20-8-6-11-23(16-20)31-25-12-7-13-26(32)30(25)24(18-29(31)33)22-14-15-27(28(17-22)34-2)35-19-21-9-4-3-5-10-21/h3-6,8-11,14-17,24H,7,12-13,18-19H2,1-2H3. The van der Waals surface area contributed by atoms with E-state index >= 15 is 0 Å². The Kier molecular flexibility index (Phi) is 6.41. The number of anilines is 1. The average molecular weight is 468 g/mol. The molecule has 0 spiro atoms. The first kappa shape index (κ1) is 22.9. The molecule has 35 heavy (non-hydrogen) atoms. The molecule has 0 radical (unpaired) electrons. The van der Waals surface area contributed by atoms with Crippen LogP contribution >= 0.6 is 0 Å². The largest absolute Gasteiger partial charge is 0.493 e. The van der Waals surface area contributed by atoms with E-state index in [4.69, 9.17) is 9.47 Å². The number of carbonyl (C=O) groups excluding carboxylic acids is 2. The summed E-state index contributed by atoms with van der Waals surface area (Å²) in [4.78, 5) is 28.4. The smallest absolute Gasteiger partial charge is 0.232 e. The monoisotopic (exact) mass is 467 g/mol. The number of hydrogen-bond acceptors (Lipinski definition) is 4. The highest BCUT2D eigenvalue weighted by atomic mass is 16.5. The van der Waals surface area contributed by atoms with Gasteiger partial charge < -0.3 is 9.47 Å². The van der Waals surface area contributed by atoms with Crippen LogP contribution in [-0.2, 0) is 16.2 Å². The molecule has 0 fully saturated rings. The van der Waals surface area contributed by atoms with Crippen molar-refractivity contribution in [2.45, 2.75) is 45.1 Å². The number of ether oxygens (including phenoxy) is 2. The normalized spacial score (nSPS) is 17.9. The third-order valence-corrected chi connectivity index (χ3v) is 6.76. The van der Waals surface area contributed by atoms with Crippen LogP contribution in [0.25, 0.3) is 0 Å². The molecule has 0 bridgehead atoms. The van der Waals surface area contributed by atoms with Gasteiger partial charge in [0.1, 0.15) is 6.61 Å². The molecule has 1 aliphatic carbocycles. The number of hydrogen-bond donors (Lipinski definition) is 0. The number of ketones is 1. The highest BCUT2D eigenvalue weighted by Crippen LogP contribution is 2.45. The van der Waals surface area contributed by atoms with E-state index in [-0.39, 0.29) is 24.0 Å². The maximum atomic E-state index is 13.5. The Hall–Kier alpha value is -3.86. The first-order valence-electron chi connectivity index (χ1n) is 12.1. The van der Waals surface area contributed by atoms with Crippen molar-refractivity contribution >= 4 is 17.4 Å². The summed E-state index contributed by atoms with van der Waals surface area (Å²) < 4.78 is 11.6. The Morgan fingerprint density at radius 3 is 2.51 bits per heavy atom. The van der Waals surface area contributed by atoms with E-state index in [2.05, 4.69) is 0 Å². The number of Topliss-reactive ketones (excluding diaryl/α,β-unsaturated/α-hetero) is 1. The van der Waals surface area contributed by atoms with E-state index in [0.29, 0.717) is 30.9 Å². The number of amides is 1. The summed E-state index contributed by atoms with van der Waals surface area (Å²) in [5.41, 5.74) is 5.48. The van der Waals surface area contributed by atoms with Crippen LogP contribution in [0.1, 0.15) is 48.3 Å². The molecule has 178 valence electrons. The Morgan fingerprint density at radius 2 is 1.74 bits per heavy atom. The Balaban J connectivity index is 1.50. The van der Waals surface area contributed by atoms with Crippen molar-refractivity contribution in [1.82, 2.24) is 0 Å². The van der Waals surface area contributed by atoms with E-state index in [9.17, 15) is 9.59 Å². The first-order chi connectivity index (χ1) is 17.0. The fraction of sp³-hybridized carbons (Fsp3) is 0.267. The molecule has 1 heterocycles. The van der Waals surface area contributed by atoms with Gasteiger partial charge in [-0.2, -0.15) is 0 Å². The van der Waals surface area contributed by atoms with Gasteiger partial charge in [-0.3, -0.25) is 14.5 Å². The quantitative estimate of drug-likeness (QED) is 0.439. The van der Waals surface area contributed by atoms with Gasteiger partial charge in [-0.1, -0.05) is 48.5 Å². The minimum absolute atomic E-state index is 0.0115. The molecule has 1 unspecified atom stereocenters. The number of carbonyl (C=O) groups is 2. The van der Waals surface area contributed by atoms with Gasteiger partial charge in [0.05, 0.1) is 7.11 Å². The van der Waals surface area contributed by atoms with Crippen LogP contribution < -0.4 is 14.4 Å². The topological polar surface area (TPSA) is 55.8 Å². The Morgan fingerprint density at radius 1 is 0.914 bits per heavy atom. The fourth-order valence-corrected chi connectivity index (χ4v) is 5.10. The number of rotatable bonds is 6. The van der Waals surface area contributed by atoms with Gasteiger partial charge in [-0.25, -0.2) is 0 Å². The molecule has 5 rings (SSSR count). The van der Waals surface area contributed by atoms with Crippen LogP contribution in [0.4, 0.5) is 5.69 Å². The number of methoxy groups -OCH3 is 1. The number of benzene rings is 3. The zero-order chi connectivity index (χ0) is 24.4. The highest BCUT2D eigenvalue weighted by molar-refractivity contribution is 6.07. The van der Waals surface area contributed by atoms with Crippen molar-refractivity contribution in [2.75, 3.05) is 12.0 Å². The molecule has 0 saturated carbocycles. The predicted molar refractivity (Wildman–Crippen MR) is 136 cm³/mol. The van der Waals surface area contributed by atoms with Crippen molar-refractivity contribution in [3.63, 3.8) is 0 Å². The summed E-state index contributed by atoms with van der Waals surface area (Å²) in [6, 6.07) is 23.6. The van der Waals surface area contributed by atoms with Crippen LogP contribution in [0.3, 0.4) is 0 Å². The van der Waals surface area contributed by atoms with Crippen molar-refractivity contribution in [2.24, 2.45) is 0 Å². The second-order valence-corrected chi connectivity index (χ2v) is 9.15. The third-order valence-electron chi connectivity index (χ3n) is 6.76. The summed E-state index contributed by atoms with van der Waals surface area (Å²) >= 11 is 0. The van der Waals surface area contributed by atoms with E-state index < -0.39 is 0 Å². The lowest BCUT2D eigenvalue weighted by Crippen LogP contribution is -2.40. The zero-order valence-corrected chi connectivity index (χ0v) is 20.1. The van der Waals surface area contributed by atoms with Crippen molar-refractivity contribution in [3.8, 4) is 11.5 Å². The Bertz CT molecular complexity index is 1290. The van der Waals surface area contributed by atoms with Gasteiger partial charge in [-0.05, 0) is 60.7 Å². The molecule has 2 aliphatic rings. The van der Waals surface area contributed by atoms with E-state index in [1.54, 1.807) is 12.0 Å². The average Bonchev–Trinajstić information content (AvgIpc) is 2.87. The molecular formula is C30H29NO4. The summed E-state index contributed by atoms with van der Waals surface area (Å²) in [5, 5.41) is 0. The maximum Gasteiger partial charge on any atom is 0.232 e. The summed E-state index contributed by atoms with van der Waals surface area (Å²) in [7, 11) is 1.61. The lowest BCUT2D eigenvalue weighted by atomic mass is 9.77. The van der Waals surface area contributed by atoms with E-state index in [0.717, 1.165) is 40.1 Å². The second-order valence-electron chi connectivity index (χ2n) is 9.15. The van der Waals surface area contributed by atoms with E-state index in [1.165, 1.54) is 0 Å². The number of allylic oxidation sites excluding steroid dienone is 2. The third kappa shape index (κ3) is 4.59. The number of nitrogens with zero attached hydrogens (tertiary/aromatic N) is 1. The molecule has 0 saturated heterocycles. The molecule has 1 amide bonds.